The summed E-state index contributed by atoms with van der Waals surface area (Å²) >= 11 is 5.93. The van der Waals surface area contributed by atoms with Gasteiger partial charge >= 0.3 is 5.97 Å². The first kappa shape index (κ1) is 17.1. The summed E-state index contributed by atoms with van der Waals surface area (Å²) < 4.78 is 12.8. The smallest absolute Gasteiger partial charge is 0.345 e. The zero-order valence-corrected chi connectivity index (χ0v) is 14.5. The Morgan fingerprint density at radius 2 is 1.80 bits per heavy atom. The van der Waals surface area contributed by atoms with E-state index in [1.807, 2.05) is 42.5 Å². The van der Waals surface area contributed by atoms with Crippen LogP contribution in [0.25, 0.3) is 16.9 Å². The highest BCUT2D eigenvalue weighted by molar-refractivity contribution is 7.68. The zero-order valence-electron chi connectivity index (χ0n) is 12.9. The number of aromatic nitrogens is 2. The summed E-state index contributed by atoms with van der Waals surface area (Å²) in [6, 6.07) is 16.6. The van der Waals surface area contributed by atoms with Crippen LogP contribution in [0, 0.1) is 0 Å². The van der Waals surface area contributed by atoms with Crippen LogP contribution in [0.5, 0.6) is 0 Å². The Balaban J connectivity index is 2.10. The lowest BCUT2D eigenvalue weighted by atomic mass is 10.0. The molecule has 126 valence electrons. The predicted octanol–water partition coefficient (Wildman–Crippen LogP) is 3.21. The number of para-hydroxylation sites is 1. The third-order valence-corrected chi connectivity index (χ3v) is 4.39. The molecule has 0 unspecified atom stereocenters. The summed E-state index contributed by atoms with van der Waals surface area (Å²) in [5, 5.41) is 14.3. The first-order chi connectivity index (χ1) is 12.1. The van der Waals surface area contributed by atoms with Crippen LogP contribution >= 0.6 is 11.6 Å². The Kier molecular flexibility index (Phi) is 5.11. The number of carboxylic acid groups (broad SMARTS) is 1. The third kappa shape index (κ3) is 3.87. The number of carboxylic acids is 1. The number of halogens is 1. The summed E-state index contributed by atoms with van der Waals surface area (Å²) in [6.45, 7) is 0. The molecule has 25 heavy (non-hydrogen) atoms. The van der Waals surface area contributed by atoms with Gasteiger partial charge in [-0.1, -0.05) is 41.9 Å². The first-order valence-corrected chi connectivity index (χ1v) is 8.49. The molecule has 7 heteroatoms. The molecule has 3 rings (SSSR count). The maximum Gasteiger partial charge on any atom is 0.345 e. The standard InChI is InChI=1S/C18H13ClN2O3S/c19-14-8-6-12(7-9-14)17-13(10-16(25-24)18(22)23)11-21(20-17)15-4-2-1-3-5-15/h1-9,11H,10H2,(H,22,23). The van der Waals surface area contributed by atoms with Crippen LogP contribution in [0.3, 0.4) is 0 Å². The van der Waals surface area contributed by atoms with Gasteiger partial charge in [-0.25, -0.2) is 13.7 Å². The molecule has 0 amide bonds. The predicted molar refractivity (Wildman–Crippen MR) is 98.5 cm³/mol. The summed E-state index contributed by atoms with van der Waals surface area (Å²) in [4.78, 5) is 11.0. The molecule has 0 atom stereocenters. The van der Waals surface area contributed by atoms with Gasteiger partial charge < -0.3 is 5.11 Å². The molecular weight excluding hydrogens is 360 g/mol. The summed E-state index contributed by atoms with van der Waals surface area (Å²) in [5.74, 6) is -1.21. The number of rotatable bonds is 5. The molecule has 3 aromatic rings. The maximum atomic E-state index is 11.2. The average molecular weight is 373 g/mol. The highest BCUT2D eigenvalue weighted by Crippen LogP contribution is 2.25. The molecule has 0 saturated heterocycles. The van der Waals surface area contributed by atoms with Crippen molar-refractivity contribution in [3.63, 3.8) is 0 Å². The van der Waals surface area contributed by atoms with Gasteiger partial charge in [0.15, 0.2) is 0 Å². The molecule has 0 aliphatic rings. The Morgan fingerprint density at radius 1 is 1.12 bits per heavy atom. The minimum absolute atomic E-state index is 0.00676. The van der Waals surface area contributed by atoms with Crippen molar-refractivity contribution >= 4 is 33.7 Å². The van der Waals surface area contributed by atoms with E-state index in [9.17, 15) is 9.00 Å². The van der Waals surface area contributed by atoms with Crippen LogP contribution in [0.2, 0.25) is 5.02 Å². The summed E-state index contributed by atoms with van der Waals surface area (Å²) in [6.07, 6.45) is 1.76. The van der Waals surface area contributed by atoms with E-state index in [1.54, 1.807) is 23.0 Å². The average Bonchev–Trinajstić information content (AvgIpc) is 3.04. The van der Waals surface area contributed by atoms with E-state index in [-0.39, 0.29) is 22.5 Å². The minimum Gasteiger partial charge on any atom is -0.477 e. The SMILES string of the molecule is O=S=C(Cc1cn(-c2ccccc2)nc1-c1ccc(Cl)cc1)C(=O)O. The van der Waals surface area contributed by atoms with Crippen molar-refractivity contribution in [2.75, 3.05) is 0 Å². The van der Waals surface area contributed by atoms with E-state index in [4.69, 9.17) is 16.7 Å². The van der Waals surface area contributed by atoms with Gasteiger partial charge in [-0.2, -0.15) is 5.10 Å². The third-order valence-electron chi connectivity index (χ3n) is 3.62. The van der Waals surface area contributed by atoms with Gasteiger partial charge in [-0.15, -0.1) is 0 Å². The summed E-state index contributed by atoms with van der Waals surface area (Å²) in [7, 11) is 0. The Hall–Kier alpha value is -2.70. The highest BCUT2D eigenvalue weighted by atomic mass is 35.5. The normalized spacial score (nSPS) is 10.4. The Labute approximate surface area is 152 Å². The second-order valence-corrected chi connectivity index (χ2v) is 6.37. The van der Waals surface area contributed by atoms with Crippen molar-refractivity contribution in [2.45, 2.75) is 6.42 Å². The molecule has 2 aromatic carbocycles. The van der Waals surface area contributed by atoms with Crippen molar-refractivity contribution < 1.29 is 14.1 Å². The molecule has 1 aromatic heterocycles. The quantitative estimate of drug-likeness (QED) is 0.698. The monoisotopic (exact) mass is 372 g/mol. The molecule has 0 bridgehead atoms. The Bertz CT molecular complexity index is 962. The molecule has 0 saturated carbocycles. The van der Waals surface area contributed by atoms with Gasteiger partial charge in [-0.05, 0) is 24.3 Å². The largest absolute Gasteiger partial charge is 0.477 e. The van der Waals surface area contributed by atoms with Crippen LogP contribution < -0.4 is 0 Å². The van der Waals surface area contributed by atoms with Crippen LogP contribution in [-0.4, -0.2) is 29.9 Å². The van der Waals surface area contributed by atoms with Crippen LogP contribution in [0.1, 0.15) is 5.56 Å². The fraction of sp³-hybridized carbons (Fsp3) is 0.0556. The molecule has 1 N–H and O–H groups in total. The van der Waals surface area contributed by atoms with E-state index >= 15 is 0 Å². The molecule has 1 heterocycles. The number of aliphatic carboxylic acids is 1. The molecular formula is C18H13ClN2O3S. The number of hydrogen-bond donors (Lipinski definition) is 1. The lowest BCUT2D eigenvalue weighted by molar-refractivity contribution is -0.129. The lowest BCUT2D eigenvalue weighted by Crippen LogP contribution is -2.15. The Morgan fingerprint density at radius 3 is 2.40 bits per heavy atom. The van der Waals surface area contributed by atoms with E-state index < -0.39 is 5.97 Å². The molecule has 0 radical (unpaired) electrons. The van der Waals surface area contributed by atoms with Gasteiger partial charge in [0.25, 0.3) is 0 Å². The molecule has 5 nitrogen and oxygen atoms in total. The van der Waals surface area contributed by atoms with E-state index in [0.29, 0.717) is 16.3 Å². The highest BCUT2D eigenvalue weighted by Gasteiger charge is 2.17. The van der Waals surface area contributed by atoms with Gasteiger partial charge in [0.2, 0.25) is 0 Å². The van der Waals surface area contributed by atoms with Crippen LogP contribution in [-0.2, 0) is 22.5 Å². The molecule has 0 fully saturated rings. The van der Waals surface area contributed by atoms with Crippen molar-refractivity contribution in [2.24, 2.45) is 0 Å². The van der Waals surface area contributed by atoms with Gasteiger partial charge in [0.05, 0.1) is 11.4 Å². The second-order valence-electron chi connectivity index (χ2n) is 5.28. The fourth-order valence-electron chi connectivity index (χ4n) is 2.42. The maximum absolute atomic E-state index is 11.2. The lowest BCUT2D eigenvalue weighted by Gasteiger charge is -2.02. The number of nitrogens with zero attached hydrogens (tertiary/aromatic N) is 2. The number of carbonyl (C=O) groups is 1. The topological polar surface area (TPSA) is 72.2 Å². The molecule has 0 spiro atoms. The van der Waals surface area contributed by atoms with E-state index in [0.717, 1.165) is 11.3 Å². The molecule has 0 aliphatic carbocycles. The van der Waals surface area contributed by atoms with Gasteiger partial charge in [-0.3, -0.25) is 0 Å². The first-order valence-electron chi connectivity index (χ1n) is 7.37. The van der Waals surface area contributed by atoms with E-state index in [1.165, 1.54) is 0 Å². The van der Waals surface area contributed by atoms with Crippen molar-refractivity contribution in [3.05, 3.63) is 71.4 Å². The fourth-order valence-corrected chi connectivity index (χ4v) is 2.83. The van der Waals surface area contributed by atoms with Gasteiger partial charge in [0.1, 0.15) is 16.1 Å². The number of benzene rings is 2. The molecule has 0 aliphatic heterocycles. The number of hydrogen-bond acceptors (Lipinski definition) is 3. The van der Waals surface area contributed by atoms with Gasteiger partial charge in [0, 0.05) is 28.8 Å². The summed E-state index contributed by atoms with van der Waals surface area (Å²) in [5.41, 5.74) is 2.92. The van der Waals surface area contributed by atoms with Crippen LogP contribution in [0.4, 0.5) is 0 Å². The van der Waals surface area contributed by atoms with Crippen molar-refractivity contribution in [3.8, 4) is 16.9 Å². The second kappa shape index (κ2) is 7.46. The minimum atomic E-state index is -1.21. The van der Waals surface area contributed by atoms with Crippen molar-refractivity contribution in [1.29, 1.82) is 0 Å². The van der Waals surface area contributed by atoms with E-state index in [2.05, 4.69) is 5.10 Å². The van der Waals surface area contributed by atoms with Crippen LogP contribution in [0.15, 0.2) is 60.8 Å². The van der Waals surface area contributed by atoms with Crippen molar-refractivity contribution in [1.82, 2.24) is 9.78 Å². The zero-order chi connectivity index (χ0) is 17.8.